The van der Waals surface area contributed by atoms with Crippen LogP contribution in [-0.4, -0.2) is 47.0 Å². The number of benzene rings is 1. The number of rotatable bonds is 3. The van der Waals surface area contributed by atoms with E-state index in [1.165, 1.54) is 11.0 Å². The summed E-state index contributed by atoms with van der Waals surface area (Å²) in [6, 6.07) is 6.05. The lowest BCUT2D eigenvalue weighted by Gasteiger charge is -2.45. The molecule has 0 unspecified atom stereocenters. The Kier molecular flexibility index (Phi) is 5.51. The normalized spacial score (nSPS) is 20.0. The number of hydrogen-bond acceptors (Lipinski definition) is 4. The van der Waals surface area contributed by atoms with Gasteiger partial charge in [0.15, 0.2) is 0 Å². The quantitative estimate of drug-likeness (QED) is 0.612. The van der Waals surface area contributed by atoms with E-state index in [2.05, 4.69) is 4.98 Å². The molecule has 4 rings (SSSR count). The van der Waals surface area contributed by atoms with E-state index in [0.717, 1.165) is 24.9 Å². The van der Waals surface area contributed by atoms with Gasteiger partial charge in [-0.3, -0.25) is 9.80 Å². The summed E-state index contributed by atoms with van der Waals surface area (Å²) in [5.74, 6) is -0.432. The summed E-state index contributed by atoms with van der Waals surface area (Å²) >= 11 is 6.14. The first kappa shape index (κ1) is 20.1. The fourth-order valence-electron chi connectivity index (χ4n) is 4.29. The third kappa shape index (κ3) is 3.72. The maximum Gasteiger partial charge on any atom is 0.376 e. The molecule has 1 saturated heterocycles. The summed E-state index contributed by atoms with van der Waals surface area (Å²) in [6.07, 6.45) is 3.29. The first-order valence-electron chi connectivity index (χ1n) is 9.79. The summed E-state index contributed by atoms with van der Waals surface area (Å²) in [5, 5.41) is 10.3. The van der Waals surface area contributed by atoms with Crippen molar-refractivity contribution in [1.29, 1.82) is 0 Å². The van der Waals surface area contributed by atoms with Gasteiger partial charge < -0.3 is 9.83 Å². The summed E-state index contributed by atoms with van der Waals surface area (Å²) in [4.78, 5) is 22.9. The van der Waals surface area contributed by atoms with Gasteiger partial charge in [0.1, 0.15) is 11.0 Å². The van der Waals surface area contributed by atoms with E-state index in [0.29, 0.717) is 22.9 Å². The van der Waals surface area contributed by atoms with Gasteiger partial charge >= 0.3 is 13.1 Å². The van der Waals surface area contributed by atoms with Crippen molar-refractivity contribution in [3.8, 4) is 0 Å². The number of aryl methyl sites for hydroxylation is 1. The predicted octanol–water partition coefficient (Wildman–Crippen LogP) is 3.70. The molecular weight excluding hydrogens is 394 g/mol. The van der Waals surface area contributed by atoms with Crippen molar-refractivity contribution in [2.24, 2.45) is 0 Å². The van der Waals surface area contributed by atoms with Gasteiger partial charge in [-0.1, -0.05) is 23.7 Å². The summed E-state index contributed by atoms with van der Waals surface area (Å²) < 4.78 is 14.7. The molecule has 3 heterocycles. The second-order valence-corrected chi connectivity index (χ2v) is 8.09. The van der Waals surface area contributed by atoms with Crippen molar-refractivity contribution in [3.05, 3.63) is 52.6 Å². The second-order valence-electron chi connectivity index (χ2n) is 7.70. The molecule has 2 amide bonds. The number of fused-ring (bicyclic) bond motifs is 1. The average Bonchev–Trinajstić information content (AvgIpc) is 2.68. The van der Waals surface area contributed by atoms with Crippen molar-refractivity contribution in [2.45, 2.75) is 39.2 Å². The topological polar surface area (TPSA) is 59.9 Å². The number of para-hydroxylation sites is 1. The van der Waals surface area contributed by atoms with Crippen LogP contribution in [0.15, 0.2) is 30.5 Å². The molecule has 9 heteroatoms. The van der Waals surface area contributed by atoms with Crippen LogP contribution in [0.3, 0.4) is 0 Å². The van der Waals surface area contributed by atoms with Crippen LogP contribution >= 0.6 is 11.6 Å². The number of hydrogen-bond donors (Lipinski definition) is 1. The number of halogens is 2. The molecule has 2 aliphatic rings. The SMILES string of the molecule is CB(O)N1CCC[C@H](N2C(=O)N(c3c(C)cccc3F)Cc3cnc(Cl)cc32)C1. The Labute approximate surface area is 175 Å². The van der Waals surface area contributed by atoms with Gasteiger partial charge in [-0.2, -0.15) is 0 Å². The number of piperidine rings is 1. The molecule has 152 valence electrons. The number of carbonyl (C=O) groups excluding carboxylic acids is 1. The number of urea groups is 1. The van der Waals surface area contributed by atoms with E-state index >= 15 is 0 Å². The lowest BCUT2D eigenvalue weighted by atomic mass is 9.82. The first-order chi connectivity index (χ1) is 13.9. The van der Waals surface area contributed by atoms with Crippen LogP contribution in [-0.2, 0) is 6.54 Å². The number of pyridine rings is 1. The van der Waals surface area contributed by atoms with Crippen LogP contribution in [0.2, 0.25) is 12.0 Å². The zero-order valence-corrected chi connectivity index (χ0v) is 17.2. The molecule has 2 aliphatic heterocycles. The van der Waals surface area contributed by atoms with Crippen LogP contribution in [0, 0.1) is 12.7 Å². The third-order valence-corrected chi connectivity index (χ3v) is 5.94. The van der Waals surface area contributed by atoms with Gasteiger partial charge in [0.2, 0.25) is 0 Å². The number of anilines is 2. The van der Waals surface area contributed by atoms with Crippen molar-refractivity contribution in [3.63, 3.8) is 0 Å². The predicted molar refractivity (Wildman–Crippen MR) is 113 cm³/mol. The Bertz CT molecular complexity index is 924. The van der Waals surface area contributed by atoms with Crippen LogP contribution in [0.4, 0.5) is 20.6 Å². The smallest absolute Gasteiger partial charge is 0.376 e. The van der Waals surface area contributed by atoms with Crippen molar-refractivity contribution in [1.82, 2.24) is 9.79 Å². The van der Waals surface area contributed by atoms with Gasteiger partial charge in [-0.15, -0.1) is 0 Å². The minimum Gasteiger partial charge on any atom is -0.437 e. The molecule has 1 N–H and O–H groups in total. The van der Waals surface area contributed by atoms with Gasteiger partial charge in [0.05, 0.1) is 24.0 Å². The van der Waals surface area contributed by atoms with Gasteiger partial charge in [0.25, 0.3) is 0 Å². The van der Waals surface area contributed by atoms with Crippen molar-refractivity contribution >= 4 is 36.1 Å². The highest BCUT2D eigenvalue weighted by Gasteiger charge is 2.39. The van der Waals surface area contributed by atoms with Crippen LogP contribution in [0.25, 0.3) is 0 Å². The first-order valence-corrected chi connectivity index (χ1v) is 10.2. The Hall–Kier alpha value is -2.16. The van der Waals surface area contributed by atoms with Crippen LogP contribution in [0.1, 0.15) is 24.0 Å². The Morgan fingerprint density at radius 3 is 2.90 bits per heavy atom. The molecule has 1 fully saturated rings. The molecule has 0 radical (unpaired) electrons. The highest BCUT2D eigenvalue weighted by atomic mass is 35.5. The van der Waals surface area contributed by atoms with E-state index in [1.54, 1.807) is 43.0 Å². The number of amides is 2. The lowest BCUT2D eigenvalue weighted by molar-refractivity contribution is 0.236. The van der Waals surface area contributed by atoms with E-state index in [4.69, 9.17) is 11.6 Å². The monoisotopic (exact) mass is 416 g/mol. The van der Waals surface area contributed by atoms with E-state index in [9.17, 15) is 14.2 Å². The van der Waals surface area contributed by atoms with Crippen molar-refractivity contribution < 1.29 is 14.2 Å². The largest absolute Gasteiger partial charge is 0.437 e. The fourth-order valence-corrected chi connectivity index (χ4v) is 4.44. The van der Waals surface area contributed by atoms with Gasteiger partial charge in [-0.05, 0) is 50.8 Å². The molecule has 1 atom stereocenters. The molecule has 6 nitrogen and oxygen atoms in total. The second kappa shape index (κ2) is 7.93. The van der Waals surface area contributed by atoms with E-state index < -0.39 is 12.9 Å². The van der Waals surface area contributed by atoms with E-state index in [-0.39, 0.29) is 24.3 Å². The maximum atomic E-state index is 14.7. The Morgan fingerprint density at radius 1 is 1.38 bits per heavy atom. The maximum absolute atomic E-state index is 14.7. The van der Waals surface area contributed by atoms with Gasteiger partial charge in [-0.25, -0.2) is 14.2 Å². The standard InChI is InChI=1S/C20H23BClFN4O2/c1-13-5-3-7-16(23)19(13)26-11-14-10-24-18(22)9-17(14)27(20(26)28)15-6-4-8-25(12-15)21(2)29/h3,5,7,9-10,15,29H,4,6,8,11-12H2,1-2H3/t15-/m0/s1. The molecule has 29 heavy (non-hydrogen) atoms. The van der Waals surface area contributed by atoms with E-state index in [1.807, 2.05) is 4.81 Å². The van der Waals surface area contributed by atoms with Crippen molar-refractivity contribution in [2.75, 3.05) is 22.9 Å². The zero-order valence-electron chi connectivity index (χ0n) is 16.5. The molecule has 0 spiro atoms. The fraction of sp³-hybridized carbons (Fsp3) is 0.400. The van der Waals surface area contributed by atoms with Crippen LogP contribution < -0.4 is 9.80 Å². The number of aromatic nitrogens is 1. The minimum atomic E-state index is -0.594. The molecule has 0 bridgehead atoms. The van der Waals surface area contributed by atoms with Crippen LogP contribution in [0.5, 0.6) is 0 Å². The number of nitrogens with zero attached hydrogens (tertiary/aromatic N) is 4. The number of carbonyl (C=O) groups is 1. The molecule has 0 saturated carbocycles. The Morgan fingerprint density at radius 2 is 2.17 bits per heavy atom. The molecule has 1 aromatic heterocycles. The average molecular weight is 417 g/mol. The molecule has 1 aromatic carbocycles. The lowest BCUT2D eigenvalue weighted by Crippen LogP contribution is -2.58. The summed E-state index contributed by atoms with van der Waals surface area (Å²) in [5.41, 5.74) is 2.49. The highest BCUT2D eigenvalue weighted by Crippen LogP contribution is 2.37. The third-order valence-electron chi connectivity index (χ3n) is 5.73. The molecule has 0 aliphatic carbocycles. The minimum absolute atomic E-state index is 0.155. The molecule has 2 aromatic rings. The highest BCUT2D eigenvalue weighted by molar-refractivity contribution is 6.45. The summed E-state index contributed by atoms with van der Waals surface area (Å²) in [6.45, 7) is 5.05. The Balaban J connectivity index is 1.78. The summed E-state index contributed by atoms with van der Waals surface area (Å²) in [7, 11) is -0.594. The zero-order chi connectivity index (χ0) is 20.7. The molecular formula is C20H23BClFN4O2. The van der Waals surface area contributed by atoms with Gasteiger partial charge in [0, 0.05) is 18.3 Å².